The van der Waals surface area contributed by atoms with Gasteiger partial charge in [0.1, 0.15) is 5.82 Å². The minimum atomic E-state index is -0.246. The van der Waals surface area contributed by atoms with E-state index in [9.17, 15) is 4.39 Å². The first-order valence-electron chi connectivity index (χ1n) is 4.77. The van der Waals surface area contributed by atoms with Gasteiger partial charge in [-0.05, 0) is 35.6 Å². The van der Waals surface area contributed by atoms with Gasteiger partial charge < -0.3 is 0 Å². The molecule has 2 aromatic rings. The number of nitrogens with one attached hydrogen (secondary N) is 1. The van der Waals surface area contributed by atoms with Crippen molar-refractivity contribution in [1.29, 1.82) is 0 Å². The number of halogens is 1. The highest BCUT2D eigenvalue weighted by Gasteiger charge is 2.13. The monoisotopic (exact) mass is 238 g/mol. The van der Waals surface area contributed by atoms with Crippen LogP contribution in [-0.4, -0.2) is 9.59 Å². The van der Waals surface area contributed by atoms with E-state index in [-0.39, 0.29) is 11.9 Å². The average Bonchev–Trinajstić information content (AvgIpc) is 2.79. The summed E-state index contributed by atoms with van der Waals surface area (Å²) in [6.07, 6.45) is 0.583. The van der Waals surface area contributed by atoms with Crippen LogP contribution in [0.1, 0.15) is 17.3 Å². The van der Waals surface area contributed by atoms with Crippen molar-refractivity contribution in [2.45, 2.75) is 12.5 Å². The summed E-state index contributed by atoms with van der Waals surface area (Å²) in [5.41, 5.74) is 4.30. The highest BCUT2D eigenvalue weighted by atomic mass is 32.1. The van der Waals surface area contributed by atoms with E-state index in [1.807, 2.05) is 11.4 Å². The molecule has 0 saturated heterocycles. The molecule has 2 rings (SSSR count). The molecular formula is C10H11FN4S. The topological polar surface area (TPSA) is 63.8 Å². The minimum absolute atomic E-state index is 0.138. The first-order chi connectivity index (χ1) is 7.79. The summed E-state index contributed by atoms with van der Waals surface area (Å²) in [5.74, 6) is 5.20. The van der Waals surface area contributed by atoms with Crippen molar-refractivity contribution in [3.63, 3.8) is 0 Å². The molecule has 16 heavy (non-hydrogen) atoms. The summed E-state index contributed by atoms with van der Waals surface area (Å²) in [6.45, 7) is 0. The summed E-state index contributed by atoms with van der Waals surface area (Å²) in [7, 11) is 0. The third-order valence-corrected chi connectivity index (χ3v) is 2.79. The standard InChI is InChI=1S/C10H11FN4S/c11-8-3-1-2-7(4-8)5-9(13-12)10-6-16-15-14-10/h1-4,6,9,13H,5,12H2. The van der Waals surface area contributed by atoms with Crippen LogP contribution in [0.3, 0.4) is 0 Å². The lowest BCUT2D eigenvalue weighted by molar-refractivity contribution is 0.534. The van der Waals surface area contributed by atoms with Gasteiger partial charge in [0.05, 0.1) is 11.7 Å². The lowest BCUT2D eigenvalue weighted by Crippen LogP contribution is -2.29. The maximum atomic E-state index is 13.0. The summed E-state index contributed by atoms with van der Waals surface area (Å²) in [4.78, 5) is 0. The Labute approximate surface area is 96.4 Å². The maximum absolute atomic E-state index is 13.0. The molecule has 6 heteroatoms. The van der Waals surface area contributed by atoms with Gasteiger partial charge in [0.15, 0.2) is 0 Å². The predicted octanol–water partition coefficient (Wildman–Crippen LogP) is 1.42. The van der Waals surface area contributed by atoms with Crippen molar-refractivity contribution in [3.05, 3.63) is 46.7 Å². The normalized spacial score (nSPS) is 12.6. The summed E-state index contributed by atoms with van der Waals surface area (Å²) in [6, 6.07) is 6.30. The molecule has 0 fully saturated rings. The van der Waals surface area contributed by atoms with Crippen molar-refractivity contribution < 1.29 is 4.39 Å². The van der Waals surface area contributed by atoms with Crippen LogP contribution in [0.2, 0.25) is 0 Å². The molecule has 0 spiro atoms. The molecule has 1 unspecified atom stereocenters. The van der Waals surface area contributed by atoms with Gasteiger partial charge in [0.25, 0.3) is 0 Å². The van der Waals surface area contributed by atoms with Gasteiger partial charge in [-0.25, -0.2) is 4.39 Å². The zero-order valence-corrected chi connectivity index (χ0v) is 9.25. The van der Waals surface area contributed by atoms with E-state index in [2.05, 4.69) is 15.0 Å². The van der Waals surface area contributed by atoms with Crippen LogP contribution < -0.4 is 11.3 Å². The molecule has 1 heterocycles. The lowest BCUT2D eigenvalue weighted by Gasteiger charge is -2.12. The molecule has 1 atom stereocenters. The van der Waals surface area contributed by atoms with Crippen molar-refractivity contribution in [2.24, 2.45) is 5.84 Å². The van der Waals surface area contributed by atoms with Gasteiger partial charge in [-0.2, -0.15) is 0 Å². The van der Waals surface area contributed by atoms with Crippen LogP contribution >= 0.6 is 11.5 Å². The highest BCUT2D eigenvalue weighted by molar-refractivity contribution is 7.03. The number of benzene rings is 1. The van der Waals surface area contributed by atoms with Gasteiger partial charge in [-0.15, -0.1) is 5.10 Å². The Morgan fingerprint density at radius 2 is 2.38 bits per heavy atom. The summed E-state index contributed by atoms with van der Waals surface area (Å²) >= 11 is 1.27. The number of hydrogen-bond acceptors (Lipinski definition) is 5. The van der Waals surface area contributed by atoms with Gasteiger partial charge in [0, 0.05) is 5.38 Å². The molecule has 4 nitrogen and oxygen atoms in total. The molecule has 0 aliphatic heterocycles. The second-order valence-corrected chi connectivity index (χ2v) is 3.99. The van der Waals surface area contributed by atoms with Crippen molar-refractivity contribution in [3.8, 4) is 0 Å². The second-order valence-electron chi connectivity index (χ2n) is 3.38. The maximum Gasteiger partial charge on any atom is 0.123 e. The minimum Gasteiger partial charge on any atom is -0.271 e. The van der Waals surface area contributed by atoms with Gasteiger partial charge in [-0.1, -0.05) is 16.6 Å². The van der Waals surface area contributed by atoms with Gasteiger partial charge >= 0.3 is 0 Å². The van der Waals surface area contributed by atoms with E-state index in [0.29, 0.717) is 6.42 Å². The third-order valence-electron chi connectivity index (χ3n) is 2.26. The molecule has 84 valence electrons. The van der Waals surface area contributed by atoms with Crippen LogP contribution in [0, 0.1) is 5.82 Å². The average molecular weight is 238 g/mol. The SMILES string of the molecule is NNC(Cc1cccc(F)c1)c1csnn1. The molecule has 0 amide bonds. The first-order valence-corrected chi connectivity index (χ1v) is 5.61. The molecular weight excluding hydrogens is 227 g/mol. The Hall–Kier alpha value is -1.37. The van der Waals surface area contributed by atoms with Gasteiger partial charge in [-0.3, -0.25) is 11.3 Å². The zero-order valence-electron chi connectivity index (χ0n) is 8.43. The van der Waals surface area contributed by atoms with Crippen molar-refractivity contribution in [2.75, 3.05) is 0 Å². The lowest BCUT2D eigenvalue weighted by atomic mass is 10.0. The van der Waals surface area contributed by atoms with E-state index in [4.69, 9.17) is 5.84 Å². The van der Waals surface area contributed by atoms with Gasteiger partial charge in [0.2, 0.25) is 0 Å². The van der Waals surface area contributed by atoms with E-state index in [1.165, 1.54) is 23.7 Å². The van der Waals surface area contributed by atoms with Crippen molar-refractivity contribution in [1.82, 2.24) is 15.0 Å². The Morgan fingerprint density at radius 1 is 1.50 bits per heavy atom. The van der Waals surface area contributed by atoms with E-state index < -0.39 is 0 Å². The zero-order chi connectivity index (χ0) is 11.4. The van der Waals surface area contributed by atoms with E-state index in [0.717, 1.165) is 11.3 Å². The number of nitrogens with zero attached hydrogens (tertiary/aromatic N) is 2. The number of rotatable bonds is 4. The van der Waals surface area contributed by atoms with Crippen LogP contribution in [0.25, 0.3) is 0 Å². The molecule has 0 aliphatic carbocycles. The third kappa shape index (κ3) is 2.60. The van der Waals surface area contributed by atoms with Crippen molar-refractivity contribution >= 4 is 11.5 Å². The predicted molar refractivity (Wildman–Crippen MR) is 60.1 cm³/mol. The number of hydrogen-bond donors (Lipinski definition) is 2. The number of aromatic nitrogens is 2. The Bertz CT molecular complexity index is 446. The van der Waals surface area contributed by atoms with Crippen LogP contribution in [0.15, 0.2) is 29.6 Å². The Morgan fingerprint density at radius 3 is 3.00 bits per heavy atom. The molecule has 1 aromatic heterocycles. The molecule has 3 N–H and O–H groups in total. The fourth-order valence-corrected chi connectivity index (χ4v) is 1.98. The molecule has 0 radical (unpaired) electrons. The Kier molecular flexibility index (Phi) is 3.55. The quantitative estimate of drug-likeness (QED) is 0.624. The first kappa shape index (κ1) is 11.1. The molecule has 0 aliphatic rings. The summed E-state index contributed by atoms with van der Waals surface area (Å²) < 4.78 is 16.8. The summed E-state index contributed by atoms with van der Waals surface area (Å²) in [5, 5.41) is 5.76. The van der Waals surface area contributed by atoms with E-state index in [1.54, 1.807) is 6.07 Å². The van der Waals surface area contributed by atoms with Crippen LogP contribution in [0.5, 0.6) is 0 Å². The van der Waals surface area contributed by atoms with E-state index >= 15 is 0 Å². The molecule has 0 bridgehead atoms. The van der Waals surface area contributed by atoms with Crippen LogP contribution in [0.4, 0.5) is 4.39 Å². The smallest absolute Gasteiger partial charge is 0.123 e. The fourth-order valence-electron chi connectivity index (χ4n) is 1.47. The highest BCUT2D eigenvalue weighted by Crippen LogP contribution is 2.16. The molecule has 1 aromatic carbocycles. The number of nitrogens with two attached hydrogens (primary N) is 1. The molecule has 0 saturated carbocycles. The largest absolute Gasteiger partial charge is 0.271 e. The number of hydrazine groups is 1. The second kappa shape index (κ2) is 5.11. The Balaban J connectivity index is 2.13. The fraction of sp³-hybridized carbons (Fsp3) is 0.200. The van der Waals surface area contributed by atoms with Crippen LogP contribution in [-0.2, 0) is 6.42 Å².